The molecule has 0 heterocycles. The van der Waals surface area contributed by atoms with E-state index in [1.54, 1.807) is 25.3 Å². The molecule has 0 aliphatic carbocycles. The molecule has 6 nitrogen and oxygen atoms in total. The number of carbonyl (C=O) groups excluding carboxylic acids is 1. The third kappa shape index (κ3) is 6.74. The zero-order valence-corrected chi connectivity index (χ0v) is 14.3. The van der Waals surface area contributed by atoms with Gasteiger partial charge in [0.05, 0.1) is 12.8 Å². The average molecular weight is 349 g/mol. The fourth-order valence-corrected chi connectivity index (χ4v) is 2.81. The Kier molecular flexibility index (Phi) is 7.81. The Morgan fingerprint density at radius 2 is 2.05 bits per heavy atom. The van der Waals surface area contributed by atoms with Gasteiger partial charge in [-0.3, -0.25) is 4.79 Å². The van der Waals surface area contributed by atoms with Gasteiger partial charge in [0, 0.05) is 31.8 Å². The molecule has 0 saturated carbocycles. The fraction of sp³-hybridized carbons (Fsp3) is 0.500. The van der Waals surface area contributed by atoms with Crippen LogP contribution in [0, 0.1) is 0 Å². The van der Waals surface area contributed by atoms with Gasteiger partial charge in [0.2, 0.25) is 15.9 Å². The van der Waals surface area contributed by atoms with Gasteiger partial charge in [-0.1, -0.05) is 29.8 Å². The molecule has 0 aromatic heterocycles. The number of hydrogen-bond donors (Lipinski definition) is 1. The highest BCUT2D eigenvalue weighted by Gasteiger charge is 2.19. The molecule has 0 unspecified atom stereocenters. The molecule has 1 N–H and O–H groups in total. The number of carbonyl (C=O) groups is 1. The second kappa shape index (κ2) is 9.09. The minimum Gasteiger partial charge on any atom is -0.385 e. The molecule has 124 valence electrons. The third-order valence-electron chi connectivity index (χ3n) is 2.98. The summed E-state index contributed by atoms with van der Waals surface area (Å²) in [5.41, 5.74) is 0.780. The van der Waals surface area contributed by atoms with Crippen LogP contribution in [0.2, 0.25) is 5.02 Å². The van der Waals surface area contributed by atoms with E-state index in [9.17, 15) is 13.2 Å². The molecule has 0 spiro atoms. The lowest BCUT2D eigenvalue weighted by molar-refractivity contribution is -0.121. The number of ether oxygens (including phenoxy) is 1. The Balaban J connectivity index is 2.54. The van der Waals surface area contributed by atoms with Crippen LogP contribution in [0.4, 0.5) is 0 Å². The molecule has 0 saturated heterocycles. The van der Waals surface area contributed by atoms with Gasteiger partial charge >= 0.3 is 0 Å². The Hall–Kier alpha value is -1.15. The number of sulfonamides is 1. The molecule has 0 fully saturated rings. The predicted molar refractivity (Wildman–Crippen MR) is 86.2 cm³/mol. The number of rotatable bonds is 9. The SMILES string of the molecule is COCCCN(CC(=O)NCc1ccccc1Cl)S(C)(=O)=O. The van der Waals surface area contributed by atoms with Gasteiger partial charge < -0.3 is 10.1 Å². The lowest BCUT2D eigenvalue weighted by Gasteiger charge is -2.19. The zero-order valence-electron chi connectivity index (χ0n) is 12.7. The Morgan fingerprint density at radius 3 is 2.64 bits per heavy atom. The normalized spacial score (nSPS) is 11.6. The van der Waals surface area contributed by atoms with Crippen molar-refractivity contribution in [3.05, 3.63) is 34.9 Å². The first-order valence-corrected chi connectivity index (χ1v) is 9.01. The number of nitrogens with one attached hydrogen (secondary N) is 1. The van der Waals surface area contributed by atoms with Gasteiger partial charge in [0.15, 0.2) is 0 Å². The number of amides is 1. The van der Waals surface area contributed by atoms with E-state index in [1.807, 2.05) is 6.07 Å². The van der Waals surface area contributed by atoms with E-state index in [1.165, 1.54) is 0 Å². The lowest BCUT2D eigenvalue weighted by Crippen LogP contribution is -2.40. The summed E-state index contributed by atoms with van der Waals surface area (Å²) in [6, 6.07) is 7.15. The molecule has 1 rings (SSSR count). The summed E-state index contributed by atoms with van der Waals surface area (Å²) in [5, 5.41) is 3.23. The van der Waals surface area contributed by atoms with E-state index in [0.29, 0.717) is 18.1 Å². The van der Waals surface area contributed by atoms with Crippen LogP contribution >= 0.6 is 11.6 Å². The maximum absolute atomic E-state index is 11.9. The van der Waals surface area contributed by atoms with Crippen LogP contribution < -0.4 is 5.32 Å². The number of hydrogen-bond acceptors (Lipinski definition) is 4. The molecule has 0 aliphatic heterocycles. The van der Waals surface area contributed by atoms with Crippen molar-refractivity contribution in [3.63, 3.8) is 0 Å². The summed E-state index contributed by atoms with van der Waals surface area (Å²) in [6.07, 6.45) is 1.61. The summed E-state index contributed by atoms with van der Waals surface area (Å²) in [7, 11) is -1.90. The Bertz CT molecular complexity index is 592. The molecular formula is C14H21ClN2O4S. The maximum Gasteiger partial charge on any atom is 0.235 e. The van der Waals surface area contributed by atoms with Crippen LogP contribution in [-0.4, -0.2) is 51.7 Å². The van der Waals surface area contributed by atoms with Crippen LogP contribution in [0.5, 0.6) is 0 Å². The van der Waals surface area contributed by atoms with Gasteiger partial charge in [-0.2, -0.15) is 4.31 Å². The first kappa shape index (κ1) is 18.9. The quantitative estimate of drug-likeness (QED) is 0.681. The predicted octanol–water partition coefficient (Wildman–Crippen LogP) is 1.25. The van der Waals surface area contributed by atoms with Crippen LogP contribution in [0.3, 0.4) is 0 Å². The standard InChI is InChI=1S/C14H21ClN2O4S/c1-21-9-5-8-17(22(2,19)20)11-14(18)16-10-12-6-3-4-7-13(12)15/h3-4,6-7H,5,8-11H2,1-2H3,(H,16,18). The molecular weight excluding hydrogens is 328 g/mol. The molecule has 1 aromatic carbocycles. The van der Waals surface area contributed by atoms with Crippen molar-refractivity contribution < 1.29 is 17.9 Å². The van der Waals surface area contributed by atoms with E-state index < -0.39 is 10.0 Å². The highest BCUT2D eigenvalue weighted by Crippen LogP contribution is 2.14. The molecule has 1 aromatic rings. The number of halogens is 1. The highest BCUT2D eigenvalue weighted by molar-refractivity contribution is 7.88. The van der Waals surface area contributed by atoms with E-state index >= 15 is 0 Å². The number of methoxy groups -OCH3 is 1. The zero-order chi connectivity index (χ0) is 16.6. The summed E-state index contributed by atoms with van der Waals surface area (Å²) in [6.45, 7) is 0.723. The molecule has 0 bridgehead atoms. The molecule has 0 atom stereocenters. The van der Waals surface area contributed by atoms with Crippen LogP contribution in [-0.2, 0) is 26.1 Å². The average Bonchev–Trinajstić information content (AvgIpc) is 2.44. The van der Waals surface area contributed by atoms with Crippen molar-refractivity contribution in [1.29, 1.82) is 0 Å². The second-order valence-corrected chi connectivity index (χ2v) is 7.20. The summed E-state index contributed by atoms with van der Waals surface area (Å²) < 4.78 is 29.4. The highest BCUT2D eigenvalue weighted by atomic mass is 35.5. The number of nitrogens with zero attached hydrogens (tertiary/aromatic N) is 1. The van der Waals surface area contributed by atoms with E-state index in [0.717, 1.165) is 16.1 Å². The van der Waals surface area contributed by atoms with Crippen LogP contribution in [0.1, 0.15) is 12.0 Å². The molecule has 8 heteroatoms. The summed E-state index contributed by atoms with van der Waals surface area (Å²) in [5.74, 6) is -0.372. The van der Waals surface area contributed by atoms with Gasteiger partial charge in [-0.05, 0) is 18.1 Å². The van der Waals surface area contributed by atoms with Crippen molar-refractivity contribution in [3.8, 4) is 0 Å². The van der Waals surface area contributed by atoms with Crippen molar-refractivity contribution in [2.24, 2.45) is 0 Å². The number of benzene rings is 1. The Labute approximate surface area is 136 Å². The van der Waals surface area contributed by atoms with Crippen molar-refractivity contribution in [2.75, 3.05) is 33.1 Å². The van der Waals surface area contributed by atoms with Crippen molar-refractivity contribution in [2.45, 2.75) is 13.0 Å². The van der Waals surface area contributed by atoms with Crippen molar-refractivity contribution in [1.82, 2.24) is 9.62 Å². The monoisotopic (exact) mass is 348 g/mol. The van der Waals surface area contributed by atoms with Gasteiger partial charge in [0.1, 0.15) is 0 Å². The fourth-order valence-electron chi connectivity index (χ4n) is 1.80. The van der Waals surface area contributed by atoms with E-state index in [4.69, 9.17) is 16.3 Å². The minimum absolute atomic E-state index is 0.215. The molecule has 1 amide bonds. The first-order valence-electron chi connectivity index (χ1n) is 6.78. The van der Waals surface area contributed by atoms with E-state index in [-0.39, 0.29) is 25.5 Å². The minimum atomic E-state index is -3.44. The largest absolute Gasteiger partial charge is 0.385 e. The molecule has 0 radical (unpaired) electrons. The van der Waals surface area contributed by atoms with Gasteiger partial charge in [0.25, 0.3) is 0 Å². The Morgan fingerprint density at radius 1 is 1.36 bits per heavy atom. The van der Waals surface area contributed by atoms with Gasteiger partial charge in [-0.25, -0.2) is 8.42 Å². The van der Waals surface area contributed by atoms with E-state index in [2.05, 4.69) is 5.32 Å². The second-order valence-electron chi connectivity index (χ2n) is 4.81. The summed E-state index contributed by atoms with van der Waals surface area (Å²) >= 11 is 6.00. The lowest BCUT2D eigenvalue weighted by atomic mass is 10.2. The van der Waals surface area contributed by atoms with Crippen LogP contribution in [0.15, 0.2) is 24.3 Å². The molecule has 22 heavy (non-hydrogen) atoms. The first-order chi connectivity index (χ1) is 10.3. The van der Waals surface area contributed by atoms with Crippen LogP contribution in [0.25, 0.3) is 0 Å². The van der Waals surface area contributed by atoms with Crippen molar-refractivity contribution >= 4 is 27.5 Å². The maximum atomic E-state index is 11.9. The third-order valence-corrected chi connectivity index (χ3v) is 4.60. The molecule has 0 aliphatic rings. The summed E-state index contributed by atoms with van der Waals surface area (Å²) in [4.78, 5) is 11.9. The van der Waals surface area contributed by atoms with Gasteiger partial charge in [-0.15, -0.1) is 0 Å². The topological polar surface area (TPSA) is 75.7 Å². The smallest absolute Gasteiger partial charge is 0.235 e.